The second-order valence-electron chi connectivity index (χ2n) is 3.81. The molecule has 1 aromatic rings. The number of hydrogen-bond donors (Lipinski definition) is 0. The van der Waals surface area contributed by atoms with Gasteiger partial charge in [-0.1, -0.05) is 18.3 Å². The summed E-state index contributed by atoms with van der Waals surface area (Å²) in [6.07, 6.45) is 6.13. The molecule has 77 valence electrons. The third-order valence-corrected chi connectivity index (χ3v) is 2.58. The molecule has 0 amide bonds. The van der Waals surface area contributed by atoms with Gasteiger partial charge in [-0.25, -0.2) is 6.07 Å². The Morgan fingerprint density at radius 2 is 2.29 bits per heavy atom. The minimum absolute atomic E-state index is 0. The number of pyridine rings is 1. The third kappa shape index (κ3) is 2.16. The Kier molecular flexibility index (Phi) is 4.10. The fourth-order valence-corrected chi connectivity index (χ4v) is 1.91. The van der Waals surface area contributed by atoms with E-state index in [9.17, 15) is 0 Å². The summed E-state index contributed by atoms with van der Waals surface area (Å²) in [5.41, 5.74) is 2.61. The predicted octanol–water partition coefficient (Wildman–Crippen LogP) is 2.04. The van der Waals surface area contributed by atoms with Gasteiger partial charge in [0.2, 0.25) is 0 Å². The first-order chi connectivity index (χ1) is 6.29. The van der Waals surface area contributed by atoms with Crippen molar-refractivity contribution in [2.24, 2.45) is 0 Å². The normalized spacial score (nSPS) is 14.9. The Labute approximate surface area is 99.4 Å². The van der Waals surface area contributed by atoms with Crippen LogP contribution in [0.5, 0.6) is 0 Å². The molecule has 2 nitrogen and oxygen atoms in total. The van der Waals surface area contributed by atoms with Crippen molar-refractivity contribution < 1.29 is 20.4 Å². The number of aromatic nitrogens is 1. The summed E-state index contributed by atoms with van der Waals surface area (Å²) < 4.78 is 0. The van der Waals surface area contributed by atoms with Crippen molar-refractivity contribution >= 4 is 5.69 Å². The van der Waals surface area contributed by atoms with Crippen LogP contribution in [0.1, 0.15) is 25.8 Å². The maximum Gasteiger partial charge on any atom is 0.00677 e. The van der Waals surface area contributed by atoms with Gasteiger partial charge in [0.25, 0.3) is 0 Å². The SMILES string of the molecule is CC(C)N1CCCc2[c-]cncc21.[Re]. The fourth-order valence-electron chi connectivity index (χ4n) is 1.91. The van der Waals surface area contributed by atoms with Crippen LogP contribution in [-0.4, -0.2) is 17.6 Å². The first kappa shape index (κ1) is 11.7. The van der Waals surface area contributed by atoms with E-state index in [-0.39, 0.29) is 20.4 Å². The third-order valence-electron chi connectivity index (χ3n) is 2.58. The molecule has 0 saturated carbocycles. The molecule has 0 saturated heterocycles. The largest absolute Gasteiger partial charge is 0.445 e. The van der Waals surface area contributed by atoms with Crippen LogP contribution in [0.3, 0.4) is 0 Å². The van der Waals surface area contributed by atoms with Gasteiger partial charge >= 0.3 is 0 Å². The van der Waals surface area contributed by atoms with Crippen molar-refractivity contribution in [1.82, 2.24) is 4.98 Å². The summed E-state index contributed by atoms with van der Waals surface area (Å²) >= 11 is 0. The van der Waals surface area contributed by atoms with Crippen molar-refractivity contribution in [2.45, 2.75) is 32.7 Å². The van der Waals surface area contributed by atoms with Gasteiger partial charge in [-0.15, -0.1) is 0 Å². The second-order valence-corrected chi connectivity index (χ2v) is 3.81. The zero-order chi connectivity index (χ0) is 9.26. The average molecular weight is 361 g/mol. The van der Waals surface area contributed by atoms with Gasteiger partial charge in [0.05, 0.1) is 0 Å². The summed E-state index contributed by atoms with van der Waals surface area (Å²) in [7, 11) is 0. The number of rotatable bonds is 1. The van der Waals surface area contributed by atoms with Gasteiger partial charge in [0.15, 0.2) is 0 Å². The maximum absolute atomic E-state index is 4.13. The molecule has 0 unspecified atom stereocenters. The van der Waals surface area contributed by atoms with E-state index in [2.05, 4.69) is 29.8 Å². The van der Waals surface area contributed by atoms with E-state index >= 15 is 0 Å². The minimum Gasteiger partial charge on any atom is -0.445 e. The smallest absolute Gasteiger partial charge is 0.00677 e. The van der Waals surface area contributed by atoms with Gasteiger partial charge in [-0.2, -0.15) is 5.56 Å². The average Bonchev–Trinajstić information content (AvgIpc) is 2.17. The van der Waals surface area contributed by atoms with Crippen molar-refractivity contribution in [1.29, 1.82) is 0 Å². The molecule has 14 heavy (non-hydrogen) atoms. The summed E-state index contributed by atoms with van der Waals surface area (Å²) in [6, 6.07) is 3.79. The van der Waals surface area contributed by atoms with Crippen LogP contribution in [0.2, 0.25) is 0 Å². The van der Waals surface area contributed by atoms with Crippen molar-refractivity contribution in [3.63, 3.8) is 0 Å². The van der Waals surface area contributed by atoms with Crippen molar-refractivity contribution in [2.75, 3.05) is 11.4 Å². The zero-order valence-corrected chi connectivity index (χ0v) is 11.3. The molecule has 2 heterocycles. The van der Waals surface area contributed by atoms with E-state index in [4.69, 9.17) is 0 Å². The molecule has 1 aliphatic rings. The van der Waals surface area contributed by atoms with Crippen molar-refractivity contribution in [3.05, 3.63) is 24.0 Å². The molecular formula is C11H15N2Re-. The van der Waals surface area contributed by atoms with E-state index in [1.165, 1.54) is 17.7 Å². The van der Waals surface area contributed by atoms with E-state index in [1.807, 2.05) is 6.20 Å². The molecule has 2 rings (SSSR count). The molecule has 0 bridgehead atoms. The van der Waals surface area contributed by atoms with Crippen LogP contribution < -0.4 is 4.90 Å². The molecule has 1 aliphatic heterocycles. The maximum atomic E-state index is 4.13. The topological polar surface area (TPSA) is 16.1 Å². The number of anilines is 1. The molecular weight excluding hydrogens is 346 g/mol. The fraction of sp³-hybridized carbons (Fsp3) is 0.545. The minimum atomic E-state index is 0. The molecule has 0 aromatic carbocycles. The number of nitrogens with zero attached hydrogens (tertiary/aromatic N) is 2. The molecule has 0 fully saturated rings. The quantitative estimate of drug-likeness (QED) is 0.712. The Hall–Kier alpha value is -0.388. The van der Waals surface area contributed by atoms with Crippen LogP contribution in [-0.2, 0) is 26.8 Å². The van der Waals surface area contributed by atoms with Crippen molar-refractivity contribution in [3.8, 4) is 0 Å². The van der Waals surface area contributed by atoms with Gasteiger partial charge in [-0.3, -0.25) is 0 Å². The Morgan fingerprint density at radius 3 is 3.00 bits per heavy atom. The first-order valence-corrected chi connectivity index (χ1v) is 4.90. The van der Waals surface area contributed by atoms with E-state index in [0.717, 1.165) is 13.0 Å². The van der Waals surface area contributed by atoms with Gasteiger partial charge < -0.3 is 9.88 Å². The molecule has 0 atom stereocenters. The summed E-state index contributed by atoms with van der Waals surface area (Å²) in [5, 5.41) is 0. The van der Waals surface area contributed by atoms with E-state index < -0.39 is 0 Å². The summed E-state index contributed by atoms with van der Waals surface area (Å²) in [5.74, 6) is 0. The van der Waals surface area contributed by atoms with E-state index in [0.29, 0.717) is 6.04 Å². The molecule has 0 aliphatic carbocycles. The van der Waals surface area contributed by atoms with Crippen LogP contribution in [0.25, 0.3) is 0 Å². The Balaban J connectivity index is 0.000000980. The molecule has 0 N–H and O–H groups in total. The summed E-state index contributed by atoms with van der Waals surface area (Å²) in [6.45, 7) is 5.61. The first-order valence-electron chi connectivity index (χ1n) is 4.90. The Bertz CT molecular complexity index is 299. The summed E-state index contributed by atoms with van der Waals surface area (Å²) in [4.78, 5) is 6.54. The molecule has 1 radical (unpaired) electrons. The van der Waals surface area contributed by atoms with E-state index in [1.54, 1.807) is 6.20 Å². The predicted molar refractivity (Wildman–Crippen MR) is 53.9 cm³/mol. The number of aryl methyl sites for hydroxylation is 1. The van der Waals surface area contributed by atoms with Crippen LogP contribution >= 0.6 is 0 Å². The monoisotopic (exact) mass is 362 g/mol. The molecule has 0 spiro atoms. The van der Waals surface area contributed by atoms with Crippen LogP contribution in [0, 0.1) is 6.07 Å². The van der Waals surface area contributed by atoms with Crippen LogP contribution in [0.4, 0.5) is 5.69 Å². The molecule has 3 heteroatoms. The van der Waals surface area contributed by atoms with Crippen LogP contribution in [0.15, 0.2) is 12.4 Å². The standard InChI is InChI=1S/C11H15N2.Re/c1-9(2)13-7-3-4-10-5-6-12-8-11(10)13;/h6,8-9H,3-4,7H2,1-2H3;/q-1;. The van der Waals surface area contributed by atoms with Gasteiger partial charge in [0, 0.05) is 33.0 Å². The molecule has 1 aromatic heterocycles. The Morgan fingerprint density at radius 1 is 1.50 bits per heavy atom. The second kappa shape index (κ2) is 4.91. The zero-order valence-electron chi connectivity index (χ0n) is 8.63. The number of hydrogen-bond acceptors (Lipinski definition) is 2. The number of fused-ring (bicyclic) bond motifs is 1. The van der Waals surface area contributed by atoms with Gasteiger partial charge in [-0.05, 0) is 26.5 Å². The van der Waals surface area contributed by atoms with Gasteiger partial charge in [0.1, 0.15) is 0 Å².